The number of aliphatic hydroxyl groups is 1. The van der Waals surface area contributed by atoms with Crippen molar-refractivity contribution in [1.82, 2.24) is 0 Å². The zero-order chi connectivity index (χ0) is 21.2. The Hall–Kier alpha value is -3.12. The molecule has 1 heterocycles. The molecule has 6 heteroatoms. The molecule has 2 N–H and O–H groups in total. The second-order valence-corrected chi connectivity index (χ2v) is 7.93. The molecule has 3 aromatic rings. The topological polar surface area (TPSA) is 88.8 Å². The summed E-state index contributed by atoms with van der Waals surface area (Å²) in [5.74, 6) is 0. The zero-order valence-electron chi connectivity index (χ0n) is 17.0. The van der Waals surface area contributed by atoms with Gasteiger partial charge in [-0.05, 0) is 74.6 Å². The molecular formula is C23H25NO5. The predicted octanol–water partition coefficient (Wildman–Crippen LogP) is 4.65. The lowest BCUT2D eigenvalue weighted by molar-refractivity contribution is 0.0635. The van der Waals surface area contributed by atoms with Crippen LogP contribution in [-0.2, 0) is 11.2 Å². The van der Waals surface area contributed by atoms with Crippen molar-refractivity contribution in [3.63, 3.8) is 0 Å². The standard InChI is InChI=1S/C23H25NO5/c1-14-11-21(26)28-20-13-16(5-7-18(14)20)15-6-8-19(17(12-15)9-10-25)24-22(27)29-23(2,3)4/h5-8,11-13,25H,9-10H2,1-4H3,(H,24,27). The lowest BCUT2D eigenvalue weighted by Gasteiger charge is -2.20. The summed E-state index contributed by atoms with van der Waals surface area (Å²) in [6, 6.07) is 12.7. The summed E-state index contributed by atoms with van der Waals surface area (Å²) in [5.41, 5.74) is 3.51. The number of carbonyl (C=O) groups excluding carboxylic acids is 1. The Kier molecular flexibility index (Phi) is 5.75. The van der Waals surface area contributed by atoms with Gasteiger partial charge in [-0.2, -0.15) is 0 Å². The highest BCUT2D eigenvalue weighted by molar-refractivity contribution is 5.88. The number of amides is 1. The second kappa shape index (κ2) is 8.09. The van der Waals surface area contributed by atoms with E-state index in [1.54, 1.807) is 26.8 Å². The van der Waals surface area contributed by atoms with Gasteiger partial charge in [-0.1, -0.05) is 18.2 Å². The molecule has 0 aliphatic heterocycles. The Bertz CT molecular complexity index is 1110. The molecule has 1 aromatic heterocycles. The van der Waals surface area contributed by atoms with Gasteiger partial charge in [0.1, 0.15) is 11.2 Å². The largest absolute Gasteiger partial charge is 0.444 e. The van der Waals surface area contributed by atoms with E-state index in [-0.39, 0.29) is 12.2 Å². The molecule has 2 aromatic carbocycles. The number of carbonyl (C=O) groups is 1. The van der Waals surface area contributed by atoms with Crippen LogP contribution in [-0.4, -0.2) is 23.4 Å². The number of nitrogens with one attached hydrogen (secondary N) is 1. The second-order valence-electron chi connectivity index (χ2n) is 7.93. The van der Waals surface area contributed by atoms with Gasteiger partial charge in [0.25, 0.3) is 0 Å². The number of aryl methyl sites for hydroxylation is 1. The molecule has 0 aliphatic rings. The molecular weight excluding hydrogens is 370 g/mol. The first-order valence-corrected chi connectivity index (χ1v) is 9.45. The maximum absolute atomic E-state index is 12.1. The molecule has 3 rings (SSSR count). The molecule has 0 fully saturated rings. The number of benzene rings is 2. The maximum Gasteiger partial charge on any atom is 0.412 e. The van der Waals surface area contributed by atoms with E-state index in [1.807, 2.05) is 37.3 Å². The SMILES string of the molecule is Cc1cc(=O)oc2cc(-c3ccc(NC(=O)OC(C)(C)C)c(CCO)c3)ccc12. The van der Waals surface area contributed by atoms with E-state index >= 15 is 0 Å². The Morgan fingerprint density at radius 1 is 1.10 bits per heavy atom. The average Bonchev–Trinajstić information content (AvgIpc) is 2.61. The van der Waals surface area contributed by atoms with Gasteiger partial charge in [0, 0.05) is 23.7 Å². The third-order valence-electron chi connectivity index (χ3n) is 4.41. The highest BCUT2D eigenvalue weighted by Crippen LogP contribution is 2.29. The van der Waals surface area contributed by atoms with Crippen molar-refractivity contribution in [2.75, 3.05) is 11.9 Å². The highest BCUT2D eigenvalue weighted by Gasteiger charge is 2.17. The summed E-state index contributed by atoms with van der Waals surface area (Å²) < 4.78 is 10.6. The van der Waals surface area contributed by atoms with Crippen molar-refractivity contribution in [3.8, 4) is 11.1 Å². The number of hydrogen-bond acceptors (Lipinski definition) is 5. The van der Waals surface area contributed by atoms with Gasteiger partial charge in [0.05, 0.1) is 0 Å². The van der Waals surface area contributed by atoms with Crippen LogP contribution in [0, 0.1) is 6.92 Å². The number of anilines is 1. The first-order chi connectivity index (χ1) is 13.7. The quantitative estimate of drug-likeness (QED) is 0.628. The van der Waals surface area contributed by atoms with E-state index in [0.29, 0.717) is 17.7 Å². The molecule has 0 spiro atoms. The van der Waals surface area contributed by atoms with Crippen LogP contribution in [0.2, 0.25) is 0 Å². The summed E-state index contributed by atoms with van der Waals surface area (Å²) in [6.07, 6.45) is -0.173. The molecule has 0 atom stereocenters. The van der Waals surface area contributed by atoms with Gasteiger partial charge in [0.15, 0.2) is 0 Å². The number of ether oxygens (including phenoxy) is 1. The fraction of sp³-hybridized carbons (Fsp3) is 0.304. The van der Waals surface area contributed by atoms with E-state index in [9.17, 15) is 14.7 Å². The normalized spacial score (nSPS) is 11.5. The van der Waals surface area contributed by atoms with Crippen LogP contribution in [0.15, 0.2) is 51.7 Å². The fourth-order valence-corrected chi connectivity index (χ4v) is 3.14. The summed E-state index contributed by atoms with van der Waals surface area (Å²) in [4.78, 5) is 23.8. The third kappa shape index (κ3) is 5.03. The van der Waals surface area contributed by atoms with E-state index in [1.165, 1.54) is 6.07 Å². The smallest absolute Gasteiger partial charge is 0.412 e. The number of rotatable bonds is 4. The lowest BCUT2D eigenvalue weighted by Crippen LogP contribution is -2.27. The van der Waals surface area contributed by atoms with E-state index < -0.39 is 11.7 Å². The first-order valence-electron chi connectivity index (χ1n) is 9.45. The molecule has 29 heavy (non-hydrogen) atoms. The fourth-order valence-electron chi connectivity index (χ4n) is 3.14. The molecule has 0 saturated carbocycles. The van der Waals surface area contributed by atoms with Crippen molar-refractivity contribution in [3.05, 3.63) is 64.0 Å². The third-order valence-corrected chi connectivity index (χ3v) is 4.41. The summed E-state index contributed by atoms with van der Waals surface area (Å²) in [6.45, 7) is 7.20. The highest BCUT2D eigenvalue weighted by atomic mass is 16.6. The molecule has 152 valence electrons. The molecule has 1 amide bonds. The summed E-state index contributed by atoms with van der Waals surface area (Å²) >= 11 is 0. The number of aliphatic hydroxyl groups excluding tert-OH is 1. The maximum atomic E-state index is 12.1. The molecule has 0 bridgehead atoms. The Labute approximate surface area is 169 Å². The Balaban J connectivity index is 1.96. The molecule has 0 saturated heterocycles. The monoisotopic (exact) mass is 395 g/mol. The first kappa shape index (κ1) is 20.6. The molecule has 0 unspecified atom stereocenters. The minimum absolute atomic E-state index is 0.0573. The van der Waals surface area contributed by atoms with Crippen LogP contribution >= 0.6 is 0 Å². The zero-order valence-corrected chi connectivity index (χ0v) is 17.0. The Morgan fingerprint density at radius 2 is 1.79 bits per heavy atom. The van der Waals surface area contributed by atoms with Gasteiger partial charge >= 0.3 is 11.7 Å². The minimum Gasteiger partial charge on any atom is -0.444 e. The number of fused-ring (bicyclic) bond motifs is 1. The van der Waals surface area contributed by atoms with Crippen LogP contribution in [0.4, 0.5) is 10.5 Å². The van der Waals surface area contributed by atoms with Gasteiger partial charge < -0.3 is 14.3 Å². The Morgan fingerprint density at radius 3 is 2.48 bits per heavy atom. The van der Waals surface area contributed by atoms with E-state index in [0.717, 1.165) is 27.6 Å². The van der Waals surface area contributed by atoms with Crippen LogP contribution in [0.5, 0.6) is 0 Å². The van der Waals surface area contributed by atoms with Crippen molar-refractivity contribution in [2.24, 2.45) is 0 Å². The summed E-state index contributed by atoms with van der Waals surface area (Å²) in [7, 11) is 0. The predicted molar refractivity (Wildman–Crippen MR) is 113 cm³/mol. The summed E-state index contributed by atoms with van der Waals surface area (Å²) in [5, 5.41) is 13.1. The van der Waals surface area contributed by atoms with Crippen LogP contribution in [0.3, 0.4) is 0 Å². The average molecular weight is 395 g/mol. The van der Waals surface area contributed by atoms with Gasteiger partial charge in [-0.3, -0.25) is 5.32 Å². The van der Waals surface area contributed by atoms with Crippen molar-refractivity contribution >= 4 is 22.7 Å². The molecule has 6 nitrogen and oxygen atoms in total. The molecule has 0 aliphatic carbocycles. The lowest BCUT2D eigenvalue weighted by atomic mass is 9.99. The van der Waals surface area contributed by atoms with E-state index in [4.69, 9.17) is 9.15 Å². The number of hydrogen-bond donors (Lipinski definition) is 2. The van der Waals surface area contributed by atoms with Gasteiger partial charge in [0.2, 0.25) is 0 Å². The van der Waals surface area contributed by atoms with Crippen LogP contribution < -0.4 is 10.9 Å². The van der Waals surface area contributed by atoms with Crippen molar-refractivity contribution in [1.29, 1.82) is 0 Å². The van der Waals surface area contributed by atoms with Crippen LogP contribution in [0.25, 0.3) is 22.1 Å². The van der Waals surface area contributed by atoms with Gasteiger partial charge in [-0.25, -0.2) is 9.59 Å². The van der Waals surface area contributed by atoms with E-state index in [2.05, 4.69) is 5.32 Å². The van der Waals surface area contributed by atoms with Crippen LogP contribution in [0.1, 0.15) is 31.9 Å². The van der Waals surface area contributed by atoms with Crippen molar-refractivity contribution in [2.45, 2.75) is 39.7 Å². The minimum atomic E-state index is -0.603. The molecule has 0 radical (unpaired) electrons. The van der Waals surface area contributed by atoms with Crippen molar-refractivity contribution < 1.29 is 19.1 Å². The van der Waals surface area contributed by atoms with Gasteiger partial charge in [-0.15, -0.1) is 0 Å².